The van der Waals surface area contributed by atoms with Crippen molar-refractivity contribution in [3.8, 4) is 0 Å². The summed E-state index contributed by atoms with van der Waals surface area (Å²) in [4.78, 5) is 13.5. The molecule has 1 aromatic rings. The number of nitrogens with one attached hydrogen (secondary N) is 1. The summed E-state index contributed by atoms with van der Waals surface area (Å²) in [5, 5.41) is 6.35. The molecule has 0 spiro atoms. The molecule has 0 saturated heterocycles. The standard InChI is InChI=1S/C9H15N3O2/c1-3-12(4-5-14-2)9(13)8-6-10-11-7-8/h6-7H,3-5H2,1-2H3,(H,10,11). The van der Waals surface area contributed by atoms with Gasteiger partial charge in [0.1, 0.15) is 0 Å². The molecule has 5 nitrogen and oxygen atoms in total. The van der Waals surface area contributed by atoms with Crippen LogP contribution < -0.4 is 0 Å². The molecule has 0 fully saturated rings. The Labute approximate surface area is 83.1 Å². The van der Waals surface area contributed by atoms with Gasteiger partial charge in [0.05, 0.1) is 18.4 Å². The summed E-state index contributed by atoms with van der Waals surface area (Å²) in [5.41, 5.74) is 0.586. The third-order valence-corrected chi connectivity index (χ3v) is 1.98. The Morgan fingerprint density at radius 1 is 1.71 bits per heavy atom. The van der Waals surface area contributed by atoms with E-state index in [1.165, 1.54) is 6.20 Å². The van der Waals surface area contributed by atoms with Gasteiger partial charge in [0.25, 0.3) is 5.91 Å². The molecular formula is C9H15N3O2. The van der Waals surface area contributed by atoms with Gasteiger partial charge in [-0.15, -0.1) is 0 Å². The summed E-state index contributed by atoms with van der Waals surface area (Å²) < 4.78 is 4.92. The molecule has 1 heterocycles. The molecule has 0 aliphatic heterocycles. The summed E-state index contributed by atoms with van der Waals surface area (Å²) >= 11 is 0. The number of aromatic nitrogens is 2. The average molecular weight is 197 g/mol. The molecule has 0 radical (unpaired) electrons. The third-order valence-electron chi connectivity index (χ3n) is 1.98. The molecule has 1 N–H and O–H groups in total. The van der Waals surface area contributed by atoms with Gasteiger partial charge < -0.3 is 9.64 Å². The van der Waals surface area contributed by atoms with Crippen LogP contribution >= 0.6 is 0 Å². The van der Waals surface area contributed by atoms with E-state index >= 15 is 0 Å². The van der Waals surface area contributed by atoms with E-state index in [0.717, 1.165) is 0 Å². The Balaban J connectivity index is 2.56. The van der Waals surface area contributed by atoms with E-state index < -0.39 is 0 Å². The molecular weight excluding hydrogens is 182 g/mol. The van der Waals surface area contributed by atoms with Crippen LogP contribution in [0.25, 0.3) is 0 Å². The molecule has 0 aromatic carbocycles. The highest BCUT2D eigenvalue weighted by molar-refractivity contribution is 5.93. The SMILES string of the molecule is CCN(CCOC)C(=O)c1cn[nH]c1. The van der Waals surface area contributed by atoms with Gasteiger partial charge in [-0.3, -0.25) is 9.89 Å². The maximum Gasteiger partial charge on any atom is 0.257 e. The number of amides is 1. The zero-order valence-corrected chi connectivity index (χ0v) is 8.49. The van der Waals surface area contributed by atoms with Crippen molar-refractivity contribution in [2.24, 2.45) is 0 Å². The van der Waals surface area contributed by atoms with E-state index in [1.807, 2.05) is 6.92 Å². The molecule has 78 valence electrons. The first-order valence-corrected chi connectivity index (χ1v) is 4.56. The number of nitrogens with zero attached hydrogens (tertiary/aromatic N) is 2. The third kappa shape index (κ3) is 2.56. The van der Waals surface area contributed by atoms with Crippen LogP contribution in [0, 0.1) is 0 Å². The molecule has 1 rings (SSSR count). The molecule has 5 heteroatoms. The number of aromatic amines is 1. The minimum atomic E-state index is -0.0155. The minimum absolute atomic E-state index is 0.0155. The van der Waals surface area contributed by atoms with Crippen molar-refractivity contribution in [1.29, 1.82) is 0 Å². The molecule has 1 amide bonds. The van der Waals surface area contributed by atoms with Crippen LogP contribution in [-0.4, -0.2) is 47.8 Å². The number of carbonyl (C=O) groups is 1. The Hall–Kier alpha value is -1.36. The van der Waals surface area contributed by atoms with Crippen molar-refractivity contribution in [3.63, 3.8) is 0 Å². The summed E-state index contributed by atoms with van der Waals surface area (Å²) in [5.74, 6) is -0.0155. The first-order valence-electron chi connectivity index (χ1n) is 4.56. The van der Waals surface area contributed by atoms with Gasteiger partial charge in [-0.25, -0.2) is 0 Å². The number of likely N-dealkylation sites (N-methyl/N-ethyl adjacent to an activating group) is 1. The normalized spacial score (nSPS) is 10.1. The Bertz CT molecular complexity index is 272. The lowest BCUT2D eigenvalue weighted by atomic mass is 10.3. The van der Waals surface area contributed by atoms with Crippen LogP contribution in [0.1, 0.15) is 17.3 Å². The largest absolute Gasteiger partial charge is 0.383 e. The first-order chi connectivity index (χ1) is 6.79. The summed E-state index contributed by atoms with van der Waals surface area (Å²) in [6.45, 7) is 3.77. The molecule has 0 saturated carbocycles. The maximum absolute atomic E-state index is 11.8. The quantitative estimate of drug-likeness (QED) is 0.748. The lowest BCUT2D eigenvalue weighted by molar-refractivity contribution is 0.0706. The summed E-state index contributed by atoms with van der Waals surface area (Å²) in [6.07, 6.45) is 3.12. The van der Waals surface area contributed by atoms with Gasteiger partial charge in [-0.2, -0.15) is 5.10 Å². The molecule has 0 aliphatic carbocycles. The van der Waals surface area contributed by atoms with Crippen molar-refractivity contribution < 1.29 is 9.53 Å². The number of ether oxygens (including phenoxy) is 1. The van der Waals surface area contributed by atoms with Crippen LogP contribution in [-0.2, 0) is 4.74 Å². The van der Waals surface area contributed by atoms with Crippen LogP contribution in [0.15, 0.2) is 12.4 Å². The predicted octanol–water partition coefficient (Wildman–Crippen LogP) is 0.518. The summed E-state index contributed by atoms with van der Waals surface area (Å²) in [6, 6.07) is 0. The Morgan fingerprint density at radius 2 is 2.50 bits per heavy atom. The maximum atomic E-state index is 11.8. The molecule has 0 aliphatic rings. The van der Waals surface area contributed by atoms with Crippen molar-refractivity contribution in [1.82, 2.24) is 15.1 Å². The number of hydrogen-bond acceptors (Lipinski definition) is 3. The lowest BCUT2D eigenvalue weighted by Gasteiger charge is -2.19. The summed E-state index contributed by atoms with van der Waals surface area (Å²) in [7, 11) is 1.62. The van der Waals surface area contributed by atoms with Crippen LogP contribution in [0.4, 0.5) is 0 Å². The highest BCUT2D eigenvalue weighted by atomic mass is 16.5. The second kappa shape index (κ2) is 5.39. The van der Waals surface area contributed by atoms with Crippen LogP contribution in [0.5, 0.6) is 0 Å². The van der Waals surface area contributed by atoms with Gasteiger partial charge in [0.15, 0.2) is 0 Å². The van der Waals surface area contributed by atoms with Crippen LogP contribution in [0.3, 0.4) is 0 Å². The van der Waals surface area contributed by atoms with E-state index in [-0.39, 0.29) is 5.91 Å². The van der Waals surface area contributed by atoms with Crippen molar-refractivity contribution in [2.45, 2.75) is 6.92 Å². The zero-order chi connectivity index (χ0) is 10.4. The fourth-order valence-corrected chi connectivity index (χ4v) is 1.16. The smallest absolute Gasteiger partial charge is 0.257 e. The molecule has 1 aromatic heterocycles. The lowest BCUT2D eigenvalue weighted by Crippen LogP contribution is -2.33. The fourth-order valence-electron chi connectivity index (χ4n) is 1.16. The molecule has 0 bridgehead atoms. The molecule has 0 unspecified atom stereocenters. The monoisotopic (exact) mass is 197 g/mol. The van der Waals surface area contributed by atoms with Gasteiger partial charge in [0.2, 0.25) is 0 Å². The number of carbonyl (C=O) groups excluding carboxylic acids is 1. The average Bonchev–Trinajstić information content (AvgIpc) is 2.71. The minimum Gasteiger partial charge on any atom is -0.383 e. The van der Waals surface area contributed by atoms with Crippen molar-refractivity contribution in [2.75, 3.05) is 26.8 Å². The first kappa shape index (κ1) is 10.7. The van der Waals surface area contributed by atoms with Gasteiger partial charge >= 0.3 is 0 Å². The van der Waals surface area contributed by atoms with Gasteiger partial charge in [-0.1, -0.05) is 0 Å². The number of hydrogen-bond donors (Lipinski definition) is 1. The van der Waals surface area contributed by atoms with E-state index in [0.29, 0.717) is 25.3 Å². The molecule has 14 heavy (non-hydrogen) atoms. The van der Waals surface area contributed by atoms with Gasteiger partial charge in [-0.05, 0) is 6.92 Å². The van der Waals surface area contributed by atoms with Gasteiger partial charge in [0, 0.05) is 26.4 Å². The van der Waals surface area contributed by atoms with Crippen molar-refractivity contribution >= 4 is 5.91 Å². The second-order valence-electron chi connectivity index (χ2n) is 2.86. The van der Waals surface area contributed by atoms with E-state index in [1.54, 1.807) is 18.2 Å². The second-order valence-corrected chi connectivity index (χ2v) is 2.86. The van der Waals surface area contributed by atoms with Crippen molar-refractivity contribution in [3.05, 3.63) is 18.0 Å². The zero-order valence-electron chi connectivity index (χ0n) is 8.49. The van der Waals surface area contributed by atoms with E-state index in [4.69, 9.17) is 4.74 Å². The molecule has 0 atom stereocenters. The number of H-pyrrole nitrogens is 1. The van der Waals surface area contributed by atoms with E-state index in [2.05, 4.69) is 10.2 Å². The van der Waals surface area contributed by atoms with E-state index in [9.17, 15) is 4.79 Å². The predicted molar refractivity (Wildman–Crippen MR) is 52.0 cm³/mol. The Morgan fingerprint density at radius 3 is 3.00 bits per heavy atom. The highest BCUT2D eigenvalue weighted by Gasteiger charge is 2.13. The highest BCUT2D eigenvalue weighted by Crippen LogP contribution is 2.01. The Kier molecular flexibility index (Phi) is 4.12. The van der Waals surface area contributed by atoms with Crippen LogP contribution in [0.2, 0.25) is 0 Å². The number of methoxy groups -OCH3 is 1. The number of rotatable bonds is 5. The fraction of sp³-hybridized carbons (Fsp3) is 0.556. The topological polar surface area (TPSA) is 58.2 Å².